The summed E-state index contributed by atoms with van der Waals surface area (Å²) < 4.78 is 7.23. The molecule has 2 aromatic rings. The highest BCUT2D eigenvalue weighted by atomic mass is 35.5. The molecule has 0 aliphatic heterocycles. The largest absolute Gasteiger partial charge is 0.489 e. The lowest BCUT2D eigenvalue weighted by atomic mass is 10.2. The summed E-state index contributed by atoms with van der Waals surface area (Å²) in [5.74, 6) is 0.509. The summed E-state index contributed by atoms with van der Waals surface area (Å²) >= 11 is 11.0. The molecule has 0 bridgehead atoms. The maximum absolute atomic E-state index is 12.1. The van der Waals surface area contributed by atoms with Crippen LogP contribution < -0.4 is 10.1 Å². The first-order valence-electron chi connectivity index (χ1n) is 6.97. The van der Waals surface area contributed by atoms with E-state index in [2.05, 4.69) is 10.4 Å². The number of aromatic nitrogens is 2. The van der Waals surface area contributed by atoms with Crippen LogP contribution in [0.3, 0.4) is 0 Å². The van der Waals surface area contributed by atoms with E-state index in [9.17, 15) is 4.79 Å². The molecule has 0 saturated carbocycles. The van der Waals surface area contributed by atoms with Crippen molar-refractivity contribution >= 4 is 29.1 Å². The van der Waals surface area contributed by atoms with Gasteiger partial charge in [-0.15, -0.1) is 0 Å². The van der Waals surface area contributed by atoms with Crippen molar-refractivity contribution in [1.29, 1.82) is 0 Å². The van der Waals surface area contributed by atoms with E-state index >= 15 is 0 Å². The molecule has 1 aromatic carbocycles. The molecule has 1 amide bonds. The number of hydrogen-bond acceptors (Lipinski definition) is 3. The number of benzene rings is 1. The molecule has 0 fully saturated rings. The van der Waals surface area contributed by atoms with Gasteiger partial charge in [0.15, 0.2) is 0 Å². The molecule has 0 spiro atoms. The Bertz CT molecular complexity index is 722. The minimum Gasteiger partial charge on any atom is -0.489 e. The van der Waals surface area contributed by atoms with Crippen LogP contribution in [0.5, 0.6) is 5.75 Å². The Morgan fingerprint density at radius 2 is 2.17 bits per heavy atom. The maximum atomic E-state index is 12.1. The lowest BCUT2D eigenvalue weighted by Crippen LogP contribution is -2.25. The fraction of sp³-hybridized carbons (Fsp3) is 0.250. The van der Waals surface area contributed by atoms with Crippen molar-refractivity contribution in [3.05, 3.63) is 57.9 Å². The molecular weight excluding hydrogens is 337 g/mol. The van der Waals surface area contributed by atoms with E-state index in [0.717, 1.165) is 11.3 Å². The first kappa shape index (κ1) is 17.4. The zero-order chi connectivity index (χ0) is 16.8. The van der Waals surface area contributed by atoms with Crippen LogP contribution in [-0.2, 0) is 13.6 Å². The molecule has 23 heavy (non-hydrogen) atoms. The number of ether oxygens (including phenoxy) is 1. The van der Waals surface area contributed by atoms with E-state index in [-0.39, 0.29) is 17.0 Å². The van der Waals surface area contributed by atoms with E-state index in [1.807, 2.05) is 31.2 Å². The molecule has 0 unspecified atom stereocenters. The molecule has 0 radical (unpaired) electrons. The molecule has 1 aromatic heterocycles. The van der Waals surface area contributed by atoms with Crippen molar-refractivity contribution in [1.82, 2.24) is 15.1 Å². The zero-order valence-corrected chi connectivity index (χ0v) is 14.4. The molecule has 1 heterocycles. The Hall–Kier alpha value is -1.98. The molecule has 122 valence electrons. The van der Waals surface area contributed by atoms with Crippen LogP contribution in [0.1, 0.15) is 21.7 Å². The molecule has 0 saturated heterocycles. The van der Waals surface area contributed by atoms with Crippen LogP contribution in [0.25, 0.3) is 0 Å². The predicted molar refractivity (Wildman–Crippen MR) is 90.8 cm³/mol. The summed E-state index contributed by atoms with van der Waals surface area (Å²) in [4.78, 5) is 12.1. The second-order valence-electron chi connectivity index (χ2n) is 4.93. The van der Waals surface area contributed by atoms with Crippen LogP contribution in [0, 0.1) is 6.92 Å². The van der Waals surface area contributed by atoms with Crippen molar-refractivity contribution in [3.8, 4) is 5.75 Å². The van der Waals surface area contributed by atoms with Crippen LogP contribution in [0.15, 0.2) is 40.9 Å². The van der Waals surface area contributed by atoms with E-state index < -0.39 is 0 Å². The number of nitrogens with zero attached hydrogens (tertiary/aromatic N) is 2. The first-order valence-corrected chi connectivity index (χ1v) is 7.73. The van der Waals surface area contributed by atoms with Gasteiger partial charge in [-0.25, -0.2) is 0 Å². The van der Waals surface area contributed by atoms with Crippen LogP contribution in [-0.4, -0.2) is 22.3 Å². The summed E-state index contributed by atoms with van der Waals surface area (Å²) in [5, 5.41) is 7.02. The monoisotopic (exact) mass is 353 g/mol. The summed E-state index contributed by atoms with van der Waals surface area (Å²) in [6.07, 6.45) is 1.56. The van der Waals surface area contributed by atoms with Gasteiger partial charge in [0, 0.05) is 13.6 Å². The number of aryl methyl sites for hydroxylation is 2. The predicted octanol–water partition coefficient (Wildman–Crippen LogP) is 3.36. The zero-order valence-electron chi connectivity index (χ0n) is 12.8. The molecule has 0 aliphatic rings. The standard InChI is InChI=1S/C16H17Cl2N3O2/c1-11-8-14(21(2)20-11)16(22)19-10-12-4-3-5-13(9-12)23-7-6-15(17)18/h3-6,8-9H,7,10H2,1-2H3,(H,19,22). The summed E-state index contributed by atoms with van der Waals surface area (Å²) in [7, 11) is 1.74. The number of rotatable bonds is 6. The fourth-order valence-corrected chi connectivity index (χ4v) is 2.17. The number of hydrogen-bond donors (Lipinski definition) is 1. The van der Waals surface area contributed by atoms with Gasteiger partial charge in [-0.05, 0) is 36.8 Å². The third-order valence-corrected chi connectivity index (χ3v) is 3.38. The second-order valence-corrected chi connectivity index (χ2v) is 5.94. The summed E-state index contributed by atoms with van der Waals surface area (Å²) in [6, 6.07) is 9.19. The quantitative estimate of drug-likeness (QED) is 0.866. The highest BCUT2D eigenvalue weighted by Gasteiger charge is 2.11. The lowest BCUT2D eigenvalue weighted by molar-refractivity contribution is 0.0941. The van der Waals surface area contributed by atoms with Gasteiger partial charge in [-0.1, -0.05) is 35.3 Å². The van der Waals surface area contributed by atoms with Crippen LogP contribution in [0.2, 0.25) is 0 Å². The molecule has 1 N–H and O–H groups in total. The van der Waals surface area contributed by atoms with Gasteiger partial charge in [0.05, 0.1) is 5.69 Å². The van der Waals surface area contributed by atoms with Crippen molar-refractivity contribution in [2.24, 2.45) is 7.05 Å². The van der Waals surface area contributed by atoms with Gasteiger partial charge in [-0.2, -0.15) is 5.10 Å². The number of nitrogens with one attached hydrogen (secondary N) is 1. The Morgan fingerprint density at radius 3 is 2.83 bits per heavy atom. The summed E-state index contributed by atoms with van der Waals surface area (Å²) in [5.41, 5.74) is 2.26. The lowest BCUT2D eigenvalue weighted by Gasteiger charge is -2.08. The Balaban J connectivity index is 1.94. The second kappa shape index (κ2) is 8.04. The number of amides is 1. The average Bonchev–Trinajstić information content (AvgIpc) is 2.84. The van der Waals surface area contributed by atoms with E-state index in [1.165, 1.54) is 0 Å². The van der Waals surface area contributed by atoms with Crippen molar-refractivity contribution in [2.75, 3.05) is 6.61 Å². The minimum absolute atomic E-state index is 0.167. The first-order chi connectivity index (χ1) is 11.0. The third-order valence-electron chi connectivity index (χ3n) is 3.07. The molecule has 5 nitrogen and oxygen atoms in total. The van der Waals surface area contributed by atoms with Crippen molar-refractivity contribution in [3.63, 3.8) is 0 Å². The van der Waals surface area contributed by atoms with Gasteiger partial charge in [0.1, 0.15) is 22.5 Å². The number of carbonyl (C=O) groups is 1. The van der Waals surface area contributed by atoms with E-state index in [1.54, 1.807) is 23.9 Å². The highest BCUT2D eigenvalue weighted by molar-refractivity contribution is 6.55. The van der Waals surface area contributed by atoms with E-state index in [4.69, 9.17) is 27.9 Å². The normalized spacial score (nSPS) is 10.3. The Kier molecular flexibility index (Phi) is 6.07. The van der Waals surface area contributed by atoms with Gasteiger partial charge in [0.2, 0.25) is 0 Å². The topological polar surface area (TPSA) is 56.1 Å². The molecule has 7 heteroatoms. The fourth-order valence-electron chi connectivity index (χ4n) is 2.04. The Labute approximate surface area is 144 Å². The number of carbonyl (C=O) groups excluding carboxylic acids is 1. The third kappa shape index (κ3) is 5.30. The van der Waals surface area contributed by atoms with Gasteiger partial charge in [0.25, 0.3) is 5.91 Å². The van der Waals surface area contributed by atoms with Gasteiger partial charge >= 0.3 is 0 Å². The molecule has 0 aliphatic carbocycles. The minimum atomic E-state index is -0.170. The Morgan fingerprint density at radius 1 is 1.39 bits per heavy atom. The van der Waals surface area contributed by atoms with Crippen molar-refractivity contribution < 1.29 is 9.53 Å². The van der Waals surface area contributed by atoms with Gasteiger partial charge in [-0.3, -0.25) is 9.48 Å². The average molecular weight is 354 g/mol. The van der Waals surface area contributed by atoms with E-state index in [0.29, 0.717) is 18.0 Å². The highest BCUT2D eigenvalue weighted by Crippen LogP contribution is 2.14. The maximum Gasteiger partial charge on any atom is 0.269 e. The van der Waals surface area contributed by atoms with Crippen LogP contribution >= 0.6 is 23.2 Å². The molecular formula is C16H17Cl2N3O2. The summed E-state index contributed by atoms with van der Waals surface area (Å²) in [6.45, 7) is 2.53. The SMILES string of the molecule is Cc1cc(C(=O)NCc2cccc(OCC=C(Cl)Cl)c2)n(C)n1. The van der Waals surface area contributed by atoms with Gasteiger partial charge < -0.3 is 10.1 Å². The van der Waals surface area contributed by atoms with Crippen molar-refractivity contribution in [2.45, 2.75) is 13.5 Å². The van der Waals surface area contributed by atoms with Crippen LogP contribution in [0.4, 0.5) is 0 Å². The molecule has 2 rings (SSSR count). The molecule has 0 atom stereocenters. The smallest absolute Gasteiger partial charge is 0.269 e. The number of halogens is 2.